The van der Waals surface area contributed by atoms with Crippen molar-refractivity contribution in [2.24, 2.45) is 0 Å². The lowest BCUT2D eigenvalue weighted by Crippen LogP contribution is -2.45. The highest BCUT2D eigenvalue weighted by Gasteiger charge is 2.32. The average molecular weight is 671 g/mol. The quantitative estimate of drug-likeness (QED) is 0.125. The molecule has 0 saturated heterocycles. The lowest BCUT2D eigenvalue weighted by Gasteiger charge is -2.30. The van der Waals surface area contributed by atoms with Crippen molar-refractivity contribution < 1.29 is 38.0 Å². The zero-order valence-electron chi connectivity index (χ0n) is 26.1. The highest BCUT2D eigenvalue weighted by Crippen LogP contribution is 2.30. The molecule has 0 fully saturated rings. The minimum atomic E-state index is -0.475. The molecule has 2 atom stereocenters. The van der Waals surface area contributed by atoms with Gasteiger partial charge in [-0.05, 0) is 73.7 Å². The van der Waals surface area contributed by atoms with Gasteiger partial charge in [0.15, 0.2) is 10.2 Å². The van der Waals surface area contributed by atoms with E-state index >= 15 is 0 Å². The summed E-state index contributed by atoms with van der Waals surface area (Å²) in [6, 6.07) is 13.8. The Morgan fingerprint density at radius 1 is 0.609 bits per heavy atom. The van der Waals surface area contributed by atoms with Crippen molar-refractivity contribution in [3.63, 3.8) is 0 Å². The van der Waals surface area contributed by atoms with Gasteiger partial charge in [-0.25, -0.2) is 9.59 Å². The fourth-order valence-electron chi connectivity index (χ4n) is 4.85. The van der Waals surface area contributed by atoms with Gasteiger partial charge < -0.3 is 49.7 Å². The first kappa shape index (κ1) is 34.6. The summed E-state index contributed by atoms with van der Waals surface area (Å²) in [6.07, 6.45) is 0. The Labute approximate surface area is 278 Å². The molecule has 2 aromatic carbocycles. The number of methoxy groups -OCH3 is 2. The fraction of sp³-hybridized carbons (Fsp3) is 0.375. The van der Waals surface area contributed by atoms with Crippen LogP contribution in [0.15, 0.2) is 71.1 Å². The number of rotatable bonds is 15. The highest BCUT2D eigenvalue weighted by molar-refractivity contribution is 7.80. The fourth-order valence-corrected chi connectivity index (χ4v) is 5.39. The van der Waals surface area contributed by atoms with E-state index in [0.717, 1.165) is 11.1 Å². The lowest BCUT2D eigenvalue weighted by atomic mass is 9.95. The number of allylic oxidation sites excluding steroid dienone is 2. The van der Waals surface area contributed by atoms with Gasteiger partial charge in [0.1, 0.15) is 37.9 Å². The van der Waals surface area contributed by atoms with Gasteiger partial charge in [0.25, 0.3) is 0 Å². The molecule has 2 aliphatic rings. The molecule has 0 saturated carbocycles. The number of thiocarbonyl (C=S) groups is 2. The van der Waals surface area contributed by atoms with Crippen LogP contribution in [0.5, 0.6) is 11.5 Å². The van der Waals surface area contributed by atoms with E-state index in [4.69, 9.17) is 52.9 Å². The van der Waals surface area contributed by atoms with Crippen molar-refractivity contribution in [3.05, 3.63) is 82.2 Å². The smallest absolute Gasteiger partial charge is 0.338 e. The SMILES string of the molecule is COCCOC(=O)C1=C(C)NC(=S)NC1c1ccc(OCCOc2ccc(C3NC(=S)NC(C)=C3C(=O)OCCOC)cc2)cc1. The molecule has 46 heavy (non-hydrogen) atoms. The van der Waals surface area contributed by atoms with Crippen LogP contribution in [0.2, 0.25) is 0 Å². The summed E-state index contributed by atoms with van der Waals surface area (Å²) in [7, 11) is 3.09. The molecule has 0 amide bonds. The third-order valence-corrected chi connectivity index (χ3v) is 7.51. The van der Waals surface area contributed by atoms with Crippen molar-refractivity contribution in [3.8, 4) is 11.5 Å². The summed E-state index contributed by atoms with van der Waals surface area (Å²) >= 11 is 10.6. The molecule has 0 spiro atoms. The average Bonchev–Trinajstić information content (AvgIpc) is 3.03. The largest absolute Gasteiger partial charge is 0.490 e. The molecule has 0 radical (unpaired) electrons. The number of benzene rings is 2. The minimum Gasteiger partial charge on any atom is -0.490 e. The van der Waals surface area contributed by atoms with Gasteiger partial charge in [0.05, 0.1) is 36.4 Å². The number of hydrogen-bond acceptors (Lipinski definition) is 10. The Kier molecular flexibility index (Phi) is 12.7. The molecule has 2 aromatic rings. The van der Waals surface area contributed by atoms with Crippen LogP contribution < -0.4 is 30.7 Å². The third kappa shape index (κ3) is 9.16. The van der Waals surface area contributed by atoms with Gasteiger partial charge in [0.2, 0.25) is 0 Å². The van der Waals surface area contributed by atoms with E-state index in [-0.39, 0.29) is 13.2 Å². The zero-order valence-corrected chi connectivity index (χ0v) is 27.7. The van der Waals surface area contributed by atoms with Crippen LogP contribution in [0, 0.1) is 0 Å². The molecular formula is C32H38N4O8S2. The number of carbonyl (C=O) groups excluding carboxylic acids is 2. The predicted octanol–water partition coefficient (Wildman–Crippen LogP) is 3.11. The highest BCUT2D eigenvalue weighted by atomic mass is 32.1. The molecule has 14 heteroatoms. The summed E-state index contributed by atoms with van der Waals surface area (Å²) in [5.74, 6) is 0.388. The van der Waals surface area contributed by atoms with Gasteiger partial charge in [-0.1, -0.05) is 24.3 Å². The summed E-state index contributed by atoms with van der Waals surface area (Å²) in [5.41, 5.74) is 3.80. The van der Waals surface area contributed by atoms with Crippen molar-refractivity contribution in [2.45, 2.75) is 25.9 Å². The second-order valence-corrected chi connectivity index (χ2v) is 11.0. The van der Waals surface area contributed by atoms with E-state index in [2.05, 4.69) is 21.3 Å². The molecule has 246 valence electrons. The van der Waals surface area contributed by atoms with Crippen molar-refractivity contribution in [2.75, 3.05) is 53.9 Å². The number of nitrogens with one attached hydrogen (secondary N) is 4. The standard InChI is InChI=1S/C32H38N4O8S2/c1-19-25(29(37)43-15-13-39-3)27(35-31(45)33-19)21-5-9-23(10-6-21)41-17-18-42-24-11-7-22(8-12-24)28-26(20(2)34-32(46)36-28)30(38)44-16-14-40-4/h5-12,27-28H,13-18H2,1-4H3,(H2,33,35,45)(H2,34,36,46). The molecular weight excluding hydrogens is 633 g/mol. The number of esters is 2. The Bertz CT molecular complexity index is 1370. The molecule has 2 aliphatic heterocycles. The molecule has 4 rings (SSSR count). The second kappa shape index (κ2) is 16.9. The van der Waals surface area contributed by atoms with Crippen LogP contribution in [0.25, 0.3) is 0 Å². The van der Waals surface area contributed by atoms with Crippen LogP contribution in [0.4, 0.5) is 0 Å². The Hall–Kier alpha value is -4.24. The first-order chi connectivity index (χ1) is 22.2. The van der Waals surface area contributed by atoms with Crippen LogP contribution in [-0.2, 0) is 28.5 Å². The Balaban J connectivity index is 1.31. The van der Waals surface area contributed by atoms with Crippen LogP contribution in [-0.4, -0.2) is 76.0 Å². The van der Waals surface area contributed by atoms with Crippen LogP contribution in [0.1, 0.15) is 37.1 Å². The van der Waals surface area contributed by atoms with Crippen molar-refractivity contribution in [1.29, 1.82) is 0 Å². The molecule has 12 nitrogen and oxygen atoms in total. The summed E-state index contributed by atoms with van der Waals surface area (Å²) < 4.78 is 32.4. The van der Waals surface area contributed by atoms with E-state index in [9.17, 15) is 9.59 Å². The topological polar surface area (TPSA) is 138 Å². The van der Waals surface area contributed by atoms with Crippen molar-refractivity contribution >= 4 is 46.6 Å². The molecule has 4 N–H and O–H groups in total. The Morgan fingerprint density at radius 2 is 0.978 bits per heavy atom. The van der Waals surface area contributed by atoms with Gasteiger partial charge >= 0.3 is 11.9 Å². The van der Waals surface area contributed by atoms with Crippen LogP contribution in [0.3, 0.4) is 0 Å². The maximum atomic E-state index is 12.8. The van der Waals surface area contributed by atoms with Crippen molar-refractivity contribution in [1.82, 2.24) is 21.3 Å². The first-order valence-corrected chi connectivity index (χ1v) is 15.4. The molecule has 0 aromatic heterocycles. The van der Waals surface area contributed by atoms with Gasteiger partial charge in [-0.3, -0.25) is 0 Å². The number of ether oxygens (including phenoxy) is 6. The number of carbonyl (C=O) groups is 2. The summed E-state index contributed by atoms with van der Waals surface area (Å²) in [5, 5.41) is 13.1. The molecule has 0 bridgehead atoms. The van der Waals surface area contributed by atoms with E-state index in [0.29, 0.717) is 70.7 Å². The van der Waals surface area contributed by atoms with Gasteiger partial charge in [-0.15, -0.1) is 0 Å². The third-order valence-electron chi connectivity index (χ3n) is 7.07. The molecule has 2 heterocycles. The second-order valence-electron chi connectivity index (χ2n) is 10.2. The minimum absolute atomic E-state index is 0.149. The van der Waals surface area contributed by atoms with Gasteiger partial charge in [-0.2, -0.15) is 0 Å². The summed E-state index contributed by atoms with van der Waals surface area (Å²) in [4.78, 5) is 25.6. The Morgan fingerprint density at radius 3 is 1.33 bits per heavy atom. The van der Waals surface area contributed by atoms with Crippen LogP contribution >= 0.6 is 24.4 Å². The van der Waals surface area contributed by atoms with E-state index in [1.165, 1.54) is 0 Å². The van der Waals surface area contributed by atoms with E-state index < -0.39 is 24.0 Å². The monoisotopic (exact) mass is 670 g/mol. The zero-order chi connectivity index (χ0) is 33.1. The molecule has 0 aliphatic carbocycles. The van der Waals surface area contributed by atoms with E-state index in [1.807, 2.05) is 48.5 Å². The first-order valence-electron chi connectivity index (χ1n) is 14.6. The molecule has 2 unspecified atom stereocenters. The predicted molar refractivity (Wildman–Crippen MR) is 178 cm³/mol. The summed E-state index contributed by atoms with van der Waals surface area (Å²) in [6.45, 7) is 5.09. The number of hydrogen-bond donors (Lipinski definition) is 4. The van der Waals surface area contributed by atoms with Gasteiger partial charge in [0, 0.05) is 25.6 Å². The maximum absolute atomic E-state index is 12.8. The van der Waals surface area contributed by atoms with E-state index in [1.54, 1.807) is 28.1 Å². The normalized spacial score (nSPS) is 17.7. The lowest BCUT2D eigenvalue weighted by molar-refractivity contribution is -0.141. The maximum Gasteiger partial charge on any atom is 0.338 e.